The zero-order chi connectivity index (χ0) is 17.3. The third-order valence-corrected chi connectivity index (χ3v) is 4.46. The van der Waals surface area contributed by atoms with Crippen molar-refractivity contribution in [3.63, 3.8) is 0 Å². The number of carboxylic acid groups (broad SMARTS) is 1. The molecule has 0 amide bonds. The fraction of sp³-hybridized carbons (Fsp3) is 0.500. The van der Waals surface area contributed by atoms with Gasteiger partial charge in [-0.3, -0.25) is 10.1 Å². The number of hydrogen-bond donors (Lipinski definition) is 1. The van der Waals surface area contributed by atoms with Crippen molar-refractivity contribution in [2.75, 3.05) is 7.11 Å². The normalized spacial score (nSPS) is 11.9. The molecule has 122 valence electrons. The Morgan fingerprint density at radius 2 is 1.82 bits per heavy atom. The van der Waals surface area contributed by atoms with E-state index < -0.39 is 32.1 Å². The number of rotatable bonds is 6. The van der Waals surface area contributed by atoms with Crippen molar-refractivity contribution < 1.29 is 24.3 Å². The van der Waals surface area contributed by atoms with Gasteiger partial charge in [0.25, 0.3) is 5.69 Å². The first-order valence-corrected chi connectivity index (χ1v) is 7.17. The van der Waals surface area contributed by atoms with E-state index in [4.69, 9.17) is 14.6 Å². The molecule has 0 heterocycles. The molecule has 7 nitrogen and oxygen atoms in total. The molecule has 0 aromatic heterocycles. The minimum absolute atomic E-state index is 0.108. The van der Waals surface area contributed by atoms with Gasteiger partial charge in [0, 0.05) is 6.07 Å². The molecule has 0 saturated carbocycles. The van der Waals surface area contributed by atoms with E-state index in [1.807, 2.05) is 13.8 Å². The van der Waals surface area contributed by atoms with Crippen LogP contribution in [0.15, 0.2) is 12.1 Å². The molecule has 0 aliphatic rings. The summed E-state index contributed by atoms with van der Waals surface area (Å²) in [5, 5.41) is 20.2. The van der Waals surface area contributed by atoms with Crippen LogP contribution < -0.4 is 9.47 Å². The van der Waals surface area contributed by atoms with Crippen molar-refractivity contribution in [1.29, 1.82) is 0 Å². The summed E-state index contributed by atoms with van der Waals surface area (Å²) >= 11 is 3.50. The van der Waals surface area contributed by atoms with Crippen LogP contribution in [0.4, 0.5) is 5.69 Å². The largest absolute Gasteiger partial charge is 0.493 e. The molecule has 1 aromatic rings. The lowest BCUT2D eigenvalue weighted by atomic mass is 9.94. The van der Waals surface area contributed by atoms with E-state index in [0.717, 1.165) is 12.1 Å². The molecule has 0 spiro atoms. The van der Waals surface area contributed by atoms with Crippen LogP contribution in [0.1, 0.15) is 38.1 Å². The average molecular weight is 376 g/mol. The smallest absolute Gasteiger partial charge is 0.342 e. The molecule has 0 fully saturated rings. The van der Waals surface area contributed by atoms with Gasteiger partial charge in [0.05, 0.1) is 22.4 Å². The van der Waals surface area contributed by atoms with E-state index in [0.29, 0.717) is 0 Å². The maximum Gasteiger partial charge on any atom is 0.342 e. The van der Waals surface area contributed by atoms with Crippen molar-refractivity contribution in [2.24, 2.45) is 0 Å². The number of aromatic carboxylic acids is 1. The summed E-state index contributed by atoms with van der Waals surface area (Å²) in [6.07, 6.45) is 0. The van der Waals surface area contributed by atoms with Gasteiger partial charge in [-0.25, -0.2) is 4.79 Å². The van der Waals surface area contributed by atoms with E-state index in [9.17, 15) is 14.9 Å². The molecule has 0 saturated heterocycles. The topological polar surface area (TPSA) is 98.9 Å². The van der Waals surface area contributed by atoms with E-state index in [1.165, 1.54) is 7.11 Å². The third-order valence-electron chi connectivity index (χ3n) is 3.51. The van der Waals surface area contributed by atoms with Gasteiger partial charge in [-0.1, -0.05) is 15.9 Å². The Morgan fingerprint density at radius 3 is 2.18 bits per heavy atom. The van der Waals surface area contributed by atoms with Crippen LogP contribution in [0.2, 0.25) is 0 Å². The van der Waals surface area contributed by atoms with E-state index >= 15 is 0 Å². The van der Waals surface area contributed by atoms with Gasteiger partial charge in [0.15, 0.2) is 11.5 Å². The lowest BCUT2D eigenvalue weighted by Gasteiger charge is -2.37. The molecule has 1 rings (SSSR count). The summed E-state index contributed by atoms with van der Waals surface area (Å²) in [5.74, 6) is -1.18. The Morgan fingerprint density at radius 1 is 1.27 bits per heavy atom. The Bertz CT molecular complexity index is 606. The number of alkyl halides is 1. The number of nitro groups is 1. The number of nitro benzene ring substituents is 1. The number of halogens is 1. The second-order valence-electron chi connectivity index (χ2n) is 5.67. The first-order valence-electron chi connectivity index (χ1n) is 6.38. The van der Waals surface area contributed by atoms with Gasteiger partial charge in [-0.15, -0.1) is 0 Å². The first kappa shape index (κ1) is 18.2. The number of carboxylic acids is 1. The van der Waals surface area contributed by atoms with Gasteiger partial charge in [-0.2, -0.15) is 0 Å². The van der Waals surface area contributed by atoms with Crippen molar-refractivity contribution >= 4 is 27.6 Å². The minimum Gasteiger partial charge on any atom is -0.493 e. The maximum absolute atomic E-state index is 11.1. The highest BCUT2D eigenvalue weighted by Crippen LogP contribution is 2.40. The van der Waals surface area contributed by atoms with Crippen LogP contribution in [-0.4, -0.2) is 33.0 Å². The van der Waals surface area contributed by atoms with Crippen LogP contribution in [0.5, 0.6) is 11.5 Å². The first-order chi connectivity index (χ1) is 9.90. The molecule has 0 bridgehead atoms. The average Bonchev–Trinajstić information content (AvgIpc) is 2.35. The summed E-state index contributed by atoms with van der Waals surface area (Å²) in [6, 6.07) is 2.16. The Hall–Kier alpha value is -1.83. The number of carbonyl (C=O) groups is 1. The predicted molar refractivity (Wildman–Crippen MR) is 84.3 cm³/mol. The van der Waals surface area contributed by atoms with Gasteiger partial charge in [0.1, 0.15) is 11.2 Å². The molecule has 1 N–H and O–H groups in total. The van der Waals surface area contributed by atoms with Crippen molar-refractivity contribution in [3.05, 3.63) is 27.8 Å². The second-order valence-corrected chi connectivity index (χ2v) is 7.65. The monoisotopic (exact) mass is 375 g/mol. The predicted octanol–water partition coefficient (Wildman–Crippen LogP) is 3.63. The molecule has 0 aliphatic carbocycles. The van der Waals surface area contributed by atoms with Crippen LogP contribution in [0.25, 0.3) is 0 Å². The van der Waals surface area contributed by atoms with E-state index in [1.54, 1.807) is 13.8 Å². The molecule has 22 heavy (non-hydrogen) atoms. The molecule has 8 heteroatoms. The zero-order valence-corrected chi connectivity index (χ0v) is 14.6. The SMILES string of the molecule is COc1cc(C(=O)O)c([N+](=O)[O-])cc1OC(C)(C)C(C)(C)Br. The Kier molecular flexibility index (Phi) is 5.06. The Balaban J connectivity index is 3.45. The van der Waals surface area contributed by atoms with Gasteiger partial charge in [-0.05, 0) is 27.7 Å². The molecular weight excluding hydrogens is 358 g/mol. The summed E-state index contributed by atoms with van der Waals surface area (Å²) in [4.78, 5) is 21.5. The van der Waals surface area contributed by atoms with Gasteiger partial charge >= 0.3 is 5.97 Å². The van der Waals surface area contributed by atoms with Gasteiger partial charge in [0.2, 0.25) is 0 Å². The number of ether oxygens (including phenoxy) is 2. The summed E-state index contributed by atoms with van der Waals surface area (Å²) < 4.78 is 10.5. The highest BCUT2D eigenvalue weighted by molar-refractivity contribution is 9.10. The standard InChI is InChI=1S/C14H18BrNO6/c1-13(2,15)14(3,4)22-11-7-9(16(19)20)8(12(17)18)6-10(11)21-5/h6-7H,1-5H3,(H,17,18). The number of methoxy groups -OCH3 is 1. The highest BCUT2D eigenvalue weighted by atomic mass is 79.9. The fourth-order valence-electron chi connectivity index (χ4n) is 1.51. The summed E-state index contributed by atoms with van der Waals surface area (Å²) in [7, 11) is 1.34. The molecule has 0 radical (unpaired) electrons. The molecular formula is C14H18BrNO6. The van der Waals surface area contributed by atoms with Gasteiger partial charge < -0.3 is 14.6 Å². The molecule has 0 atom stereocenters. The summed E-state index contributed by atoms with van der Waals surface area (Å²) in [6.45, 7) is 7.38. The van der Waals surface area contributed by atoms with Crippen molar-refractivity contribution in [3.8, 4) is 11.5 Å². The Labute approximate surface area is 136 Å². The van der Waals surface area contributed by atoms with Crippen molar-refractivity contribution in [2.45, 2.75) is 37.6 Å². The fourth-order valence-corrected chi connectivity index (χ4v) is 1.59. The minimum atomic E-state index is -1.41. The van der Waals surface area contributed by atoms with Crippen LogP contribution >= 0.6 is 15.9 Å². The quantitative estimate of drug-likeness (QED) is 0.462. The maximum atomic E-state index is 11.1. The number of benzene rings is 1. The lowest BCUT2D eigenvalue weighted by molar-refractivity contribution is -0.385. The number of hydrogen-bond acceptors (Lipinski definition) is 5. The van der Waals surface area contributed by atoms with Crippen molar-refractivity contribution in [1.82, 2.24) is 0 Å². The number of nitrogens with zero attached hydrogens (tertiary/aromatic N) is 1. The second kappa shape index (κ2) is 6.12. The molecule has 0 unspecified atom stereocenters. The zero-order valence-electron chi connectivity index (χ0n) is 13.0. The summed E-state index contributed by atoms with van der Waals surface area (Å²) in [5.41, 5.74) is -1.74. The van der Waals surface area contributed by atoms with Crippen LogP contribution in [0, 0.1) is 10.1 Å². The van der Waals surface area contributed by atoms with Crippen LogP contribution in [0.3, 0.4) is 0 Å². The van der Waals surface area contributed by atoms with Crippen LogP contribution in [-0.2, 0) is 0 Å². The highest BCUT2D eigenvalue weighted by Gasteiger charge is 2.38. The molecule has 0 aliphatic heterocycles. The molecule has 1 aromatic carbocycles. The lowest BCUT2D eigenvalue weighted by Crippen LogP contribution is -2.45. The van der Waals surface area contributed by atoms with E-state index in [-0.39, 0.29) is 11.5 Å². The third kappa shape index (κ3) is 3.68. The van der Waals surface area contributed by atoms with E-state index in [2.05, 4.69) is 15.9 Å².